The van der Waals surface area contributed by atoms with Gasteiger partial charge >= 0.3 is 0 Å². The van der Waals surface area contributed by atoms with Crippen molar-refractivity contribution in [1.82, 2.24) is 15.3 Å². The molecule has 1 aromatic heterocycles. The Hall–Kier alpha value is -1.69. The number of rotatable bonds is 4. The second kappa shape index (κ2) is 5.40. The van der Waals surface area contributed by atoms with E-state index in [2.05, 4.69) is 22.1 Å². The van der Waals surface area contributed by atoms with Crippen LogP contribution < -0.4 is 10.2 Å². The van der Waals surface area contributed by atoms with Crippen molar-refractivity contribution in [2.45, 2.75) is 69.9 Å². The van der Waals surface area contributed by atoms with Gasteiger partial charge in [0.25, 0.3) is 5.91 Å². The molecule has 4 heterocycles. The normalized spacial score (nSPS) is 33.5. The Morgan fingerprint density at radius 1 is 1.28 bits per heavy atom. The van der Waals surface area contributed by atoms with Gasteiger partial charge in [0.1, 0.15) is 17.3 Å². The second-order valence-electron chi connectivity index (χ2n) is 8.25. The lowest BCUT2D eigenvalue weighted by molar-refractivity contribution is 0.0935. The van der Waals surface area contributed by atoms with Crippen molar-refractivity contribution < 1.29 is 9.90 Å². The van der Waals surface area contributed by atoms with Crippen LogP contribution in [0.4, 0.5) is 5.82 Å². The van der Waals surface area contributed by atoms with Gasteiger partial charge in [-0.2, -0.15) is 0 Å². The van der Waals surface area contributed by atoms with Crippen LogP contribution in [0.5, 0.6) is 0 Å². The fourth-order valence-electron chi connectivity index (χ4n) is 5.30. The number of hydrogen-bond donors (Lipinski definition) is 2. The van der Waals surface area contributed by atoms with Crippen LogP contribution in [0.3, 0.4) is 0 Å². The zero-order valence-electron chi connectivity index (χ0n) is 14.8. The third kappa shape index (κ3) is 2.16. The maximum Gasteiger partial charge on any atom is 0.270 e. The molecular formula is C19H26N4O2. The quantitative estimate of drug-likeness (QED) is 0.872. The molecule has 3 fully saturated rings. The summed E-state index contributed by atoms with van der Waals surface area (Å²) < 4.78 is 0. The second-order valence-corrected chi connectivity index (χ2v) is 8.25. The first-order valence-corrected chi connectivity index (χ1v) is 9.75. The van der Waals surface area contributed by atoms with Gasteiger partial charge in [-0.05, 0) is 44.9 Å². The molecule has 0 unspecified atom stereocenters. The van der Waals surface area contributed by atoms with Gasteiger partial charge in [0.05, 0.1) is 6.61 Å². The van der Waals surface area contributed by atoms with Gasteiger partial charge in [-0.1, -0.05) is 6.92 Å². The predicted octanol–water partition coefficient (Wildman–Crippen LogP) is 1.77. The molecular weight excluding hydrogens is 316 g/mol. The van der Waals surface area contributed by atoms with E-state index in [9.17, 15) is 9.90 Å². The Kier molecular flexibility index (Phi) is 3.36. The summed E-state index contributed by atoms with van der Waals surface area (Å²) >= 11 is 0. The third-order valence-electron chi connectivity index (χ3n) is 6.94. The SMILES string of the molecule is CC[C@]1(CO)C[C@H]2CC[C@@H]1N2c1nc(C2CC2)nc2c1CCNC2=O. The molecule has 2 N–H and O–H groups in total. The van der Waals surface area contributed by atoms with E-state index in [1.54, 1.807) is 0 Å². The van der Waals surface area contributed by atoms with Crippen molar-refractivity contribution in [3.8, 4) is 0 Å². The lowest BCUT2D eigenvalue weighted by atomic mass is 9.72. The van der Waals surface area contributed by atoms with Crippen molar-refractivity contribution in [3.05, 3.63) is 17.1 Å². The molecule has 1 amide bonds. The zero-order chi connectivity index (χ0) is 17.2. The van der Waals surface area contributed by atoms with E-state index in [0.717, 1.165) is 62.2 Å². The lowest BCUT2D eigenvalue weighted by Gasteiger charge is -2.36. The number of amides is 1. The number of nitrogens with zero attached hydrogens (tertiary/aromatic N) is 3. The smallest absolute Gasteiger partial charge is 0.270 e. The molecule has 1 aromatic rings. The standard InChI is InChI=1S/C19H26N4O2/c1-2-19(10-24)9-12-5-6-14(19)23(12)17-13-7-8-20-18(25)15(13)21-16(22-17)11-3-4-11/h11-12,14,24H,2-10H2,1H3,(H,20,25)/t12-,14+,19-/m1/s1. The van der Waals surface area contributed by atoms with Gasteiger partial charge in [0.2, 0.25) is 0 Å². The number of aliphatic hydroxyl groups excluding tert-OH is 1. The van der Waals surface area contributed by atoms with E-state index in [4.69, 9.17) is 4.98 Å². The molecule has 0 radical (unpaired) electrons. The zero-order valence-corrected chi connectivity index (χ0v) is 14.8. The molecule has 4 aliphatic rings. The number of aliphatic hydroxyl groups is 1. The minimum atomic E-state index is -0.0535. The van der Waals surface area contributed by atoms with E-state index >= 15 is 0 Å². The van der Waals surface area contributed by atoms with Crippen LogP contribution in [0.25, 0.3) is 0 Å². The average Bonchev–Trinajstić information content (AvgIpc) is 3.35. The first-order chi connectivity index (χ1) is 12.2. The van der Waals surface area contributed by atoms with Crippen LogP contribution in [0.15, 0.2) is 0 Å². The number of aromatic nitrogens is 2. The van der Waals surface area contributed by atoms with Gasteiger partial charge in [-0.25, -0.2) is 9.97 Å². The van der Waals surface area contributed by atoms with Crippen LogP contribution >= 0.6 is 0 Å². The summed E-state index contributed by atoms with van der Waals surface area (Å²) in [5.41, 5.74) is 1.60. The van der Waals surface area contributed by atoms with Crippen molar-refractivity contribution >= 4 is 11.7 Å². The number of nitrogens with one attached hydrogen (secondary N) is 1. The van der Waals surface area contributed by atoms with E-state index in [1.807, 2.05) is 0 Å². The van der Waals surface area contributed by atoms with Crippen molar-refractivity contribution in [2.24, 2.45) is 5.41 Å². The number of anilines is 1. The highest BCUT2D eigenvalue weighted by atomic mass is 16.3. The fourth-order valence-corrected chi connectivity index (χ4v) is 5.30. The third-order valence-corrected chi connectivity index (χ3v) is 6.94. The summed E-state index contributed by atoms with van der Waals surface area (Å²) in [5, 5.41) is 13.0. The van der Waals surface area contributed by atoms with Crippen molar-refractivity contribution in [3.63, 3.8) is 0 Å². The molecule has 1 saturated carbocycles. The topological polar surface area (TPSA) is 78.3 Å². The minimum Gasteiger partial charge on any atom is -0.396 e. The number of fused-ring (bicyclic) bond motifs is 3. The molecule has 3 atom stereocenters. The maximum absolute atomic E-state index is 12.4. The first kappa shape index (κ1) is 15.6. The predicted molar refractivity (Wildman–Crippen MR) is 93.8 cm³/mol. The van der Waals surface area contributed by atoms with Crippen LogP contribution in [-0.2, 0) is 6.42 Å². The van der Waals surface area contributed by atoms with Crippen LogP contribution in [0.2, 0.25) is 0 Å². The lowest BCUT2D eigenvalue weighted by Crippen LogP contribution is -2.42. The van der Waals surface area contributed by atoms with Gasteiger partial charge in [-0.3, -0.25) is 4.79 Å². The van der Waals surface area contributed by atoms with Crippen LogP contribution in [0, 0.1) is 5.41 Å². The Morgan fingerprint density at radius 2 is 2.12 bits per heavy atom. The molecule has 0 spiro atoms. The number of carbonyl (C=O) groups excluding carboxylic acids is 1. The van der Waals surface area contributed by atoms with E-state index < -0.39 is 0 Å². The Balaban J connectivity index is 1.63. The summed E-state index contributed by atoms with van der Waals surface area (Å²) in [6.07, 6.45) is 7.36. The highest BCUT2D eigenvalue weighted by Crippen LogP contribution is 2.53. The summed E-state index contributed by atoms with van der Waals surface area (Å²) in [6, 6.07) is 0.775. The van der Waals surface area contributed by atoms with Gasteiger partial charge < -0.3 is 15.3 Å². The molecule has 25 heavy (non-hydrogen) atoms. The molecule has 134 valence electrons. The molecule has 1 aliphatic carbocycles. The van der Waals surface area contributed by atoms with E-state index in [0.29, 0.717) is 30.2 Å². The molecule has 5 rings (SSSR count). The fraction of sp³-hybridized carbons (Fsp3) is 0.737. The highest BCUT2D eigenvalue weighted by Gasteiger charge is 2.55. The summed E-state index contributed by atoms with van der Waals surface area (Å²) in [5.74, 6) is 2.22. The monoisotopic (exact) mass is 342 g/mol. The van der Waals surface area contributed by atoms with Crippen LogP contribution in [0.1, 0.15) is 73.2 Å². The summed E-state index contributed by atoms with van der Waals surface area (Å²) in [7, 11) is 0. The van der Waals surface area contributed by atoms with E-state index in [1.165, 1.54) is 0 Å². The van der Waals surface area contributed by atoms with Crippen molar-refractivity contribution in [1.29, 1.82) is 0 Å². The minimum absolute atomic E-state index is 0.0164. The largest absolute Gasteiger partial charge is 0.396 e. The molecule has 3 aliphatic heterocycles. The highest BCUT2D eigenvalue weighted by molar-refractivity contribution is 5.96. The molecule has 6 heteroatoms. The van der Waals surface area contributed by atoms with Gasteiger partial charge in [0.15, 0.2) is 0 Å². The summed E-state index contributed by atoms with van der Waals surface area (Å²) in [6.45, 7) is 3.09. The first-order valence-electron chi connectivity index (χ1n) is 9.75. The molecule has 2 bridgehead atoms. The number of hydrogen-bond acceptors (Lipinski definition) is 5. The van der Waals surface area contributed by atoms with Gasteiger partial charge in [0, 0.05) is 35.5 Å². The Labute approximate surface area is 148 Å². The Bertz CT molecular complexity index is 726. The van der Waals surface area contributed by atoms with Gasteiger partial charge in [-0.15, -0.1) is 0 Å². The Morgan fingerprint density at radius 3 is 2.80 bits per heavy atom. The number of carbonyl (C=O) groups is 1. The summed E-state index contributed by atoms with van der Waals surface area (Å²) in [4.78, 5) is 24.5. The maximum atomic E-state index is 12.4. The molecule has 2 saturated heterocycles. The van der Waals surface area contributed by atoms with E-state index in [-0.39, 0.29) is 17.9 Å². The molecule has 6 nitrogen and oxygen atoms in total. The van der Waals surface area contributed by atoms with Crippen LogP contribution in [-0.4, -0.2) is 46.2 Å². The average molecular weight is 342 g/mol. The molecule has 0 aromatic carbocycles. The van der Waals surface area contributed by atoms with Crippen molar-refractivity contribution in [2.75, 3.05) is 18.1 Å².